The SMILES string of the molecule is O=C(c1ccc(O)cc1)c1ccc(OCCN2CCCCC2)cc1. The molecular formula is C20H23NO3. The first-order valence-electron chi connectivity index (χ1n) is 8.51. The molecule has 24 heavy (non-hydrogen) atoms. The van der Waals surface area contributed by atoms with Crippen molar-refractivity contribution in [2.24, 2.45) is 0 Å². The predicted octanol–water partition coefficient (Wildman–Crippen LogP) is 3.49. The van der Waals surface area contributed by atoms with Crippen LogP contribution in [0.15, 0.2) is 48.5 Å². The summed E-state index contributed by atoms with van der Waals surface area (Å²) in [6, 6.07) is 13.5. The monoisotopic (exact) mass is 325 g/mol. The highest BCUT2D eigenvalue weighted by Gasteiger charge is 2.11. The van der Waals surface area contributed by atoms with Gasteiger partial charge in [-0.2, -0.15) is 0 Å². The number of hydrogen-bond acceptors (Lipinski definition) is 4. The second-order valence-corrected chi connectivity index (χ2v) is 6.15. The second kappa shape index (κ2) is 7.97. The topological polar surface area (TPSA) is 49.8 Å². The second-order valence-electron chi connectivity index (χ2n) is 6.15. The molecule has 1 aliphatic heterocycles. The standard InChI is InChI=1S/C20H23NO3/c22-18-8-4-16(5-9-18)20(23)17-6-10-19(11-7-17)24-15-14-21-12-2-1-3-13-21/h4-11,22H,1-3,12-15H2. The molecule has 4 heteroatoms. The molecule has 0 atom stereocenters. The van der Waals surface area contributed by atoms with E-state index >= 15 is 0 Å². The number of aromatic hydroxyl groups is 1. The predicted molar refractivity (Wildman–Crippen MR) is 93.8 cm³/mol. The molecule has 2 aromatic carbocycles. The van der Waals surface area contributed by atoms with Crippen LogP contribution in [-0.4, -0.2) is 42.0 Å². The van der Waals surface area contributed by atoms with Gasteiger partial charge in [0.25, 0.3) is 0 Å². The van der Waals surface area contributed by atoms with Crippen LogP contribution in [0.4, 0.5) is 0 Å². The van der Waals surface area contributed by atoms with Crippen LogP contribution in [0.1, 0.15) is 35.2 Å². The van der Waals surface area contributed by atoms with Gasteiger partial charge in [0.2, 0.25) is 0 Å². The van der Waals surface area contributed by atoms with E-state index in [9.17, 15) is 9.90 Å². The van der Waals surface area contributed by atoms with E-state index < -0.39 is 0 Å². The maximum absolute atomic E-state index is 12.4. The van der Waals surface area contributed by atoms with Gasteiger partial charge in [-0.15, -0.1) is 0 Å². The lowest BCUT2D eigenvalue weighted by atomic mass is 10.0. The molecule has 1 fully saturated rings. The first kappa shape index (κ1) is 16.5. The number of phenols is 1. The first-order chi connectivity index (χ1) is 11.7. The lowest BCUT2D eigenvalue weighted by molar-refractivity contribution is 0.103. The molecule has 0 saturated carbocycles. The minimum atomic E-state index is -0.0603. The van der Waals surface area contributed by atoms with E-state index in [2.05, 4.69) is 4.90 Å². The van der Waals surface area contributed by atoms with Gasteiger partial charge in [-0.05, 0) is 74.5 Å². The molecule has 126 valence electrons. The van der Waals surface area contributed by atoms with Gasteiger partial charge in [0, 0.05) is 17.7 Å². The van der Waals surface area contributed by atoms with E-state index in [0.717, 1.165) is 12.3 Å². The van der Waals surface area contributed by atoms with Gasteiger partial charge in [0.15, 0.2) is 5.78 Å². The summed E-state index contributed by atoms with van der Waals surface area (Å²) in [5.41, 5.74) is 1.18. The van der Waals surface area contributed by atoms with Crippen molar-refractivity contribution in [2.75, 3.05) is 26.2 Å². The average molecular weight is 325 g/mol. The smallest absolute Gasteiger partial charge is 0.193 e. The maximum atomic E-state index is 12.4. The van der Waals surface area contributed by atoms with E-state index in [1.807, 2.05) is 12.1 Å². The quantitative estimate of drug-likeness (QED) is 0.826. The third-order valence-corrected chi connectivity index (χ3v) is 4.37. The molecule has 0 radical (unpaired) electrons. The van der Waals surface area contributed by atoms with E-state index in [1.165, 1.54) is 44.5 Å². The molecule has 3 rings (SSSR count). The zero-order valence-corrected chi connectivity index (χ0v) is 13.8. The summed E-state index contributed by atoms with van der Waals surface area (Å²) in [6.07, 6.45) is 3.91. The van der Waals surface area contributed by atoms with Crippen LogP contribution in [0.5, 0.6) is 11.5 Å². The Balaban J connectivity index is 1.53. The van der Waals surface area contributed by atoms with Gasteiger partial charge in [-0.1, -0.05) is 6.42 Å². The number of rotatable bonds is 6. The number of ether oxygens (including phenoxy) is 1. The Morgan fingerprint density at radius 2 is 1.50 bits per heavy atom. The van der Waals surface area contributed by atoms with E-state index in [-0.39, 0.29) is 11.5 Å². The van der Waals surface area contributed by atoms with Crippen LogP contribution in [-0.2, 0) is 0 Å². The number of carbonyl (C=O) groups excluding carboxylic acids is 1. The molecular weight excluding hydrogens is 302 g/mol. The summed E-state index contributed by atoms with van der Waals surface area (Å²) in [5, 5.41) is 9.29. The minimum Gasteiger partial charge on any atom is -0.508 e. The Morgan fingerprint density at radius 1 is 0.917 bits per heavy atom. The molecule has 1 aliphatic rings. The number of piperidine rings is 1. The Labute approximate surface area is 142 Å². The van der Waals surface area contributed by atoms with Crippen molar-refractivity contribution in [3.05, 3.63) is 59.7 Å². The highest BCUT2D eigenvalue weighted by atomic mass is 16.5. The Morgan fingerprint density at radius 3 is 2.12 bits per heavy atom. The fraction of sp³-hybridized carbons (Fsp3) is 0.350. The van der Waals surface area contributed by atoms with Gasteiger partial charge >= 0.3 is 0 Å². The van der Waals surface area contributed by atoms with Crippen molar-refractivity contribution in [3.63, 3.8) is 0 Å². The number of benzene rings is 2. The third-order valence-electron chi connectivity index (χ3n) is 4.37. The maximum Gasteiger partial charge on any atom is 0.193 e. The van der Waals surface area contributed by atoms with Crippen LogP contribution in [0.3, 0.4) is 0 Å². The zero-order chi connectivity index (χ0) is 16.8. The van der Waals surface area contributed by atoms with Crippen LogP contribution in [0.2, 0.25) is 0 Å². The molecule has 0 unspecified atom stereocenters. The summed E-state index contributed by atoms with van der Waals surface area (Å²) in [5.74, 6) is 0.883. The van der Waals surface area contributed by atoms with Gasteiger partial charge in [0.1, 0.15) is 18.1 Å². The van der Waals surface area contributed by atoms with Gasteiger partial charge in [-0.25, -0.2) is 0 Å². The summed E-state index contributed by atoms with van der Waals surface area (Å²) < 4.78 is 5.78. The number of ketones is 1. The van der Waals surface area contributed by atoms with Gasteiger partial charge in [-0.3, -0.25) is 9.69 Å². The fourth-order valence-corrected chi connectivity index (χ4v) is 2.96. The van der Waals surface area contributed by atoms with Crippen LogP contribution < -0.4 is 4.74 Å². The van der Waals surface area contributed by atoms with Crippen molar-refractivity contribution >= 4 is 5.78 Å². The Kier molecular flexibility index (Phi) is 5.49. The lowest BCUT2D eigenvalue weighted by Gasteiger charge is -2.26. The molecule has 1 N–H and O–H groups in total. The summed E-state index contributed by atoms with van der Waals surface area (Å²) in [4.78, 5) is 14.8. The zero-order valence-electron chi connectivity index (χ0n) is 13.8. The number of likely N-dealkylation sites (tertiary alicyclic amines) is 1. The Bertz CT molecular complexity index is 658. The van der Waals surface area contributed by atoms with Crippen molar-refractivity contribution in [1.82, 2.24) is 4.90 Å². The van der Waals surface area contributed by atoms with Gasteiger partial charge < -0.3 is 9.84 Å². The first-order valence-corrected chi connectivity index (χ1v) is 8.51. The van der Waals surface area contributed by atoms with Crippen molar-refractivity contribution < 1.29 is 14.6 Å². The fourth-order valence-electron chi connectivity index (χ4n) is 2.96. The molecule has 1 heterocycles. The number of nitrogens with zero attached hydrogens (tertiary/aromatic N) is 1. The average Bonchev–Trinajstić information content (AvgIpc) is 2.63. The largest absolute Gasteiger partial charge is 0.508 e. The molecule has 0 aromatic heterocycles. The van der Waals surface area contributed by atoms with Crippen molar-refractivity contribution in [2.45, 2.75) is 19.3 Å². The third kappa shape index (κ3) is 4.36. The Hall–Kier alpha value is -2.33. The highest BCUT2D eigenvalue weighted by Crippen LogP contribution is 2.17. The molecule has 0 amide bonds. The summed E-state index contributed by atoms with van der Waals surface area (Å²) >= 11 is 0. The molecule has 0 aliphatic carbocycles. The number of hydrogen-bond donors (Lipinski definition) is 1. The normalized spacial score (nSPS) is 15.2. The van der Waals surface area contributed by atoms with Crippen molar-refractivity contribution in [3.8, 4) is 11.5 Å². The highest BCUT2D eigenvalue weighted by molar-refractivity contribution is 6.09. The van der Waals surface area contributed by atoms with Crippen LogP contribution >= 0.6 is 0 Å². The number of phenolic OH excluding ortho intramolecular Hbond substituents is 1. The van der Waals surface area contributed by atoms with Crippen LogP contribution in [0.25, 0.3) is 0 Å². The molecule has 0 bridgehead atoms. The molecule has 2 aromatic rings. The van der Waals surface area contributed by atoms with E-state index in [1.54, 1.807) is 24.3 Å². The van der Waals surface area contributed by atoms with Crippen LogP contribution in [0, 0.1) is 0 Å². The van der Waals surface area contributed by atoms with E-state index in [0.29, 0.717) is 17.7 Å². The minimum absolute atomic E-state index is 0.0603. The van der Waals surface area contributed by atoms with E-state index in [4.69, 9.17) is 4.74 Å². The molecule has 1 saturated heterocycles. The van der Waals surface area contributed by atoms with Crippen molar-refractivity contribution in [1.29, 1.82) is 0 Å². The lowest BCUT2D eigenvalue weighted by Crippen LogP contribution is -2.33. The number of carbonyl (C=O) groups is 1. The summed E-state index contributed by atoms with van der Waals surface area (Å²) in [7, 11) is 0. The molecule has 4 nitrogen and oxygen atoms in total. The van der Waals surface area contributed by atoms with Gasteiger partial charge in [0.05, 0.1) is 0 Å². The summed E-state index contributed by atoms with van der Waals surface area (Å²) in [6.45, 7) is 3.96. The molecule has 0 spiro atoms.